The van der Waals surface area contributed by atoms with Gasteiger partial charge in [-0.2, -0.15) is 5.10 Å². The highest BCUT2D eigenvalue weighted by Crippen LogP contribution is 2.43. The van der Waals surface area contributed by atoms with Gasteiger partial charge in [-0.15, -0.1) is 0 Å². The van der Waals surface area contributed by atoms with E-state index >= 15 is 0 Å². The van der Waals surface area contributed by atoms with Crippen LogP contribution in [-0.2, 0) is 15.1 Å². The van der Waals surface area contributed by atoms with E-state index in [0.29, 0.717) is 31.7 Å². The van der Waals surface area contributed by atoms with Crippen molar-refractivity contribution in [1.29, 1.82) is 0 Å². The standard InChI is InChI=1S/C17H25N3O4/c1-11-13(7-18-20(11)16(2,3)4)14(21)19-8-12-9-24-6-5-17(12,10-19)15(22)23/h7,12H,5-6,8-10H2,1-4H3,(H,22,23)/t12-,17+/m0/s1. The molecule has 0 saturated carbocycles. The first kappa shape index (κ1) is 17.0. The van der Waals surface area contributed by atoms with Crippen LogP contribution in [-0.4, -0.2) is 58.0 Å². The zero-order valence-electron chi connectivity index (χ0n) is 14.7. The van der Waals surface area contributed by atoms with Crippen molar-refractivity contribution in [2.75, 3.05) is 26.3 Å². The number of likely N-dealkylation sites (tertiary alicyclic amines) is 1. The smallest absolute Gasteiger partial charge is 0.311 e. The van der Waals surface area contributed by atoms with Gasteiger partial charge < -0.3 is 14.7 Å². The number of fused-ring (bicyclic) bond motifs is 1. The Hall–Kier alpha value is -1.89. The predicted molar refractivity (Wildman–Crippen MR) is 86.9 cm³/mol. The largest absolute Gasteiger partial charge is 0.481 e. The Morgan fingerprint density at radius 1 is 1.42 bits per heavy atom. The van der Waals surface area contributed by atoms with E-state index in [-0.39, 0.29) is 23.9 Å². The fourth-order valence-electron chi connectivity index (χ4n) is 3.92. The molecule has 2 saturated heterocycles. The molecule has 0 aromatic carbocycles. The van der Waals surface area contributed by atoms with E-state index in [2.05, 4.69) is 5.10 Å². The van der Waals surface area contributed by atoms with Crippen LogP contribution in [0.2, 0.25) is 0 Å². The Labute approximate surface area is 141 Å². The molecule has 1 aromatic heterocycles. The lowest BCUT2D eigenvalue weighted by Gasteiger charge is -2.33. The van der Waals surface area contributed by atoms with Crippen LogP contribution in [0.4, 0.5) is 0 Å². The number of carbonyl (C=O) groups is 2. The minimum absolute atomic E-state index is 0.141. The number of aromatic nitrogens is 2. The third kappa shape index (κ3) is 2.51. The molecule has 2 aliphatic rings. The molecule has 0 radical (unpaired) electrons. The summed E-state index contributed by atoms with van der Waals surface area (Å²) < 4.78 is 7.28. The van der Waals surface area contributed by atoms with Gasteiger partial charge >= 0.3 is 5.97 Å². The maximum absolute atomic E-state index is 13.0. The van der Waals surface area contributed by atoms with Crippen molar-refractivity contribution in [1.82, 2.24) is 14.7 Å². The fourth-order valence-corrected chi connectivity index (χ4v) is 3.92. The van der Waals surface area contributed by atoms with Gasteiger partial charge in [0.2, 0.25) is 0 Å². The SMILES string of the molecule is Cc1c(C(=O)N2C[C@H]3COCC[C@@]3(C(=O)O)C2)cnn1C(C)(C)C. The summed E-state index contributed by atoms with van der Waals surface area (Å²) in [7, 11) is 0. The predicted octanol–water partition coefficient (Wildman–Crippen LogP) is 1.51. The van der Waals surface area contributed by atoms with Crippen molar-refractivity contribution in [3.63, 3.8) is 0 Å². The number of nitrogens with zero attached hydrogens (tertiary/aromatic N) is 3. The number of amides is 1. The van der Waals surface area contributed by atoms with E-state index in [9.17, 15) is 14.7 Å². The average Bonchev–Trinajstić information content (AvgIpc) is 3.07. The number of hydrogen-bond acceptors (Lipinski definition) is 4. The van der Waals surface area contributed by atoms with Crippen molar-refractivity contribution in [2.24, 2.45) is 11.3 Å². The molecule has 0 bridgehead atoms. The summed E-state index contributed by atoms with van der Waals surface area (Å²) in [6.45, 7) is 9.47. The molecule has 132 valence electrons. The van der Waals surface area contributed by atoms with E-state index < -0.39 is 11.4 Å². The lowest BCUT2D eigenvalue weighted by molar-refractivity contribution is -0.157. The van der Waals surface area contributed by atoms with E-state index in [4.69, 9.17) is 4.74 Å². The maximum Gasteiger partial charge on any atom is 0.311 e. The van der Waals surface area contributed by atoms with Gasteiger partial charge in [-0.1, -0.05) is 0 Å². The van der Waals surface area contributed by atoms with Gasteiger partial charge in [0.25, 0.3) is 5.91 Å². The Balaban J connectivity index is 1.87. The lowest BCUT2D eigenvalue weighted by Crippen LogP contribution is -2.45. The molecule has 7 heteroatoms. The Bertz CT molecular complexity index is 676. The van der Waals surface area contributed by atoms with Crippen LogP contribution in [0.15, 0.2) is 6.20 Å². The zero-order valence-corrected chi connectivity index (χ0v) is 14.7. The monoisotopic (exact) mass is 335 g/mol. The molecule has 2 fully saturated rings. The van der Waals surface area contributed by atoms with Crippen molar-refractivity contribution in [2.45, 2.75) is 39.7 Å². The summed E-state index contributed by atoms with van der Waals surface area (Å²) in [5.74, 6) is -1.11. The van der Waals surface area contributed by atoms with Crippen LogP contribution >= 0.6 is 0 Å². The van der Waals surface area contributed by atoms with Crippen molar-refractivity contribution < 1.29 is 19.4 Å². The maximum atomic E-state index is 13.0. The highest BCUT2D eigenvalue weighted by molar-refractivity contribution is 5.96. The normalized spacial score (nSPS) is 27.2. The Morgan fingerprint density at radius 3 is 2.67 bits per heavy atom. The Kier molecular flexibility index (Phi) is 3.94. The molecule has 0 unspecified atom stereocenters. The summed E-state index contributed by atoms with van der Waals surface area (Å²) in [5, 5.41) is 14.1. The third-order valence-electron chi connectivity index (χ3n) is 5.30. The molecular formula is C17H25N3O4. The molecule has 2 aliphatic heterocycles. The number of ether oxygens (including phenoxy) is 1. The number of carbonyl (C=O) groups excluding carboxylic acids is 1. The first-order chi connectivity index (χ1) is 11.2. The molecule has 24 heavy (non-hydrogen) atoms. The topological polar surface area (TPSA) is 84.7 Å². The third-order valence-corrected chi connectivity index (χ3v) is 5.30. The van der Waals surface area contributed by atoms with Gasteiger partial charge in [0.15, 0.2) is 0 Å². The van der Waals surface area contributed by atoms with Gasteiger partial charge in [-0.25, -0.2) is 0 Å². The number of carboxylic acid groups (broad SMARTS) is 1. The molecule has 3 rings (SSSR count). The molecule has 0 spiro atoms. The highest BCUT2D eigenvalue weighted by atomic mass is 16.5. The van der Waals surface area contributed by atoms with E-state index in [1.54, 1.807) is 11.1 Å². The second kappa shape index (κ2) is 5.58. The van der Waals surface area contributed by atoms with Crippen LogP contribution in [0.3, 0.4) is 0 Å². The minimum Gasteiger partial charge on any atom is -0.481 e. The molecule has 7 nitrogen and oxygen atoms in total. The molecule has 0 aliphatic carbocycles. The van der Waals surface area contributed by atoms with Crippen LogP contribution in [0.5, 0.6) is 0 Å². The minimum atomic E-state index is -0.873. The van der Waals surface area contributed by atoms with Gasteiger partial charge in [0.05, 0.1) is 29.3 Å². The van der Waals surface area contributed by atoms with Gasteiger partial charge in [0, 0.05) is 31.3 Å². The first-order valence-corrected chi connectivity index (χ1v) is 8.32. The first-order valence-electron chi connectivity index (χ1n) is 8.32. The number of rotatable bonds is 2. The average molecular weight is 335 g/mol. The second-order valence-electron chi connectivity index (χ2n) is 7.90. The van der Waals surface area contributed by atoms with Crippen LogP contribution in [0.25, 0.3) is 0 Å². The lowest BCUT2D eigenvalue weighted by atomic mass is 9.74. The van der Waals surface area contributed by atoms with Gasteiger partial charge in [-0.05, 0) is 34.1 Å². The van der Waals surface area contributed by atoms with Crippen LogP contribution in [0, 0.1) is 18.3 Å². The number of aliphatic carboxylic acids is 1. The number of hydrogen-bond donors (Lipinski definition) is 1. The number of carboxylic acids is 1. The van der Waals surface area contributed by atoms with Gasteiger partial charge in [-0.3, -0.25) is 14.3 Å². The quantitative estimate of drug-likeness (QED) is 0.885. The van der Waals surface area contributed by atoms with Crippen LogP contribution < -0.4 is 0 Å². The van der Waals surface area contributed by atoms with Gasteiger partial charge in [0.1, 0.15) is 0 Å². The zero-order chi connectivity index (χ0) is 17.7. The summed E-state index contributed by atoms with van der Waals surface area (Å²) in [6, 6.07) is 0. The highest BCUT2D eigenvalue weighted by Gasteiger charge is 2.55. The summed E-state index contributed by atoms with van der Waals surface area (Å²) in [4.78, 5) is 26.5. The second-order valence-corrected chi connectivity index (χ2v) is 7.90. The van der Waals surface area contributed by atoms with Crippen LogP contribution in [0.1, 0.15) is 43.2 Å². The van der Waals surface area contributed by atoms with E-state index in [1.807, 2.05) is 32.4 Å². The summed E-state index contributed by atoms with van der Waals surface area (Å²) in [5.41, 5.74) is 0.271. The van der Waals surface area contributed by atoms with Crippen molar-refractivity contribution in [3.8, 4) is 0 Å². The summed E-state index contributed by atoms with van der Waals surface area (Å²) >= 11 is 0. The molecule has 3 heterocycles. The molecule has 2 atom stereocenters. The van der Waals surface area contributed by atoms with E-state index in [0.717, 1.165) is 5.69 Å². The van der Waals surface area contributed by atoms with Crippen molar-refractivity contribution >= 4 is 11.9 Å². The molecule has 1 amide bonds. The Morgan fingerprint density at radius 2 is 2.12 bits per heavy atom. The fraction of sp³-hybridized carbons (Fsp3) is 0.706. The molecule has 1 N–H and O–H groups in total. The molecule has 1 aromatic rings. The summed E-state index contributed by atoms with van der Waals surface area (Å²) in [6.07, 6.45) is 2.05. The van der Waals surface area contributed by atoms with Crippen molar-refractivity contribution in [3.05, 3.63) is 17.5 Å². The van der Waals surface area contributed by atoms with E-state index in [1.165, 1.54) is 0 Å². The molecular weight excluding hydrogens is 310 g/mol.